The highest BCUT2D eigenvalue weighted by molar-refractivity contribution is 5.73. The summed E-state index contributed by atoms with van der Waals surface area (Å²) < 4.78 is 9.90. The van der Waals surface area contributed by atoms with Gasteiger partial charge in [0.1, 0.15) is 18.3 Å². The summed E-state index contributed by atoms with van der Waals surface area (Å²) in [5, 5.41) is 49.1. The van der Waals surface area contributed by atoms with E-state index in [4.69, 9.17) is 14.6 Å². The number of nitrogens with zero attached hydrogens (tertiary/aromatic N) is 1. The van der Waals surface area contributed by atoms with Gasteiger partial charge in [-0.15, -0.1) is 0 Å². The van der Waals surface area contributed by atoms with E-state index >= 15 is 0 Å². The number of carboxylic acid groups (broad SMARTS) is 1. The Bertz CT molecular complexity index is 566. The standard InChI is InChI=1S/C13H15NO9/c15-7-8(16)10(12(18)19)22-13(9(7)17)23-11(14(20)21)6-4-2-1-3-5-6/h1-5,7-11,13,15-17H,(H,18,19)/t7-,8-,9+,10-,11?,13?/m0/s1. The second-order valence-electron chi connectivity index (χ2n) is 4.92. The first kappa shape index (κ1) is 17.2. The summed E-state index contributed by atoms with van der Waals surface area (Å²) in [6.45, 7) is 0. The minimum Gasteiger partial charge on any atom is -0.479 e. The van der Waals surface area contributed by atoms with Crippen LogP contribution in [0.3, 0.4) is 0 Å². The summed E-state index contributed by atoms with van der Waals surface area (Å²) in [7, 11) is 0. The van der Waals surface area contributed by atoms with Crippen molar-refractivity contribution >= 4 is 5.97 Å². The first-order valence-electron chi connectivity index (χ1n) is 6.59. The summed E-state index contributed by atoms with van der Waals surface area (Å²) in [6.07, 6.45) is -11.1. The number of aliphatic hydroxyl groups excluding tert-OH is 3. The van der Waals surface area contributed by atoms with E-state index in [1.54, 1.807) is 6.07 Å². The molecule has 126 valence electrons. The molecule has 0 spiro atoms. The van der Waals surface area contributed by atoms with Gasteiger partial charge in [-0.3, -0.25) is 14.9 Å². The van der Waals surface area contributed by atoms with Crippen molar-refractivity contribution in [2.45, 2.75) is 36.9 Å². The summed E-state index contributed by atoms with van der Waals surface area (Å²) >= 11 is 0. The third-order valence-electron chi connectivity index (χ3n) is 3.35. The number of ether oxygens (including phenoxy) is 2. The van der Waals surface area contributed by atoms with Gasteiger partial charge in [0.15, 0.2) is 12.4 Å². The lowest BCUT2D eigenvalue weighted by Gasteiger charge is -2.38. The zero-order valence-electron chi connectivity index (χ0n) is 11.6. The molecule has 6 atom stereocenters. The minimum absolute atomic E-state index is 0.140. The Morgan fingerprint density at radius 2 is 1.78 bits per heavy atom. The van der Waals surface area contributed by atoms with Gasteiger partial charge in [-0.1, -0.05) is 18.2 Å². The fourth-order valence-corrected chi connectivity index (χ4v) is 2.16. The van der Waals surface area contributed by atoms with Crippen molar-refractivity contribution in [1.82, 2.24) is 0 Å². The Hall–Kier alpha value is -2.11. The lowest BCUT2D eigenvalue weighted by molar-refractivity contribution is -0.598. The summed E-state index contributed by atoms with van der Waals surface area (Å²) in [6, 6.07) is 7.51. The summed E-state index contributed by atoms with van der Waals surface area (Å²) in [4.78, 5) is 21.3. The van der Waals surface area contributed by atoms with E-state index in [0.29, 0.717) is 0 Å². The maximum absolute atomic E-state index is 11.2. The Balaban J connectivity index is 2.21. The quantitative estimate of drug-likeness (QED) is 0.298. The Morgan fingerprint density at radius 1 is 1.17 bits per heavy atom. The molecular formula is C13H15NO9. The maximum atomic E-state index is 11.2. The number of aliphatic hydroxyl groups is 3. The number of hydrogen-bond acceptors (Lipinski definition) is 8. The van der Waals surface area contributed by atoms with Crippen LogP contribution in [0.4, 0.5) is 0 Å². The molecule has 0 radical (unpaired) electrons. The molecule has 1 fully saturated rings. The van der Waals surface area contributed by atoms with Crippen molar-refractivity contribution in [3.05, 3.63) is 46.0 Å². The molecule has 0 aromatic heterocycles. The van der Waals surface area contributed by atoms with Crippen LogP contribution in [-0.2, 0) is 14.3 Å². The van der Waals surface area contributed by atoms with Crippen molar-refractivity contribution in [2.75, 3.05) is 0 Å². The van der Waals surface area contributed by atoms with Crippen molar-refractivity contribution in [3.8, 4) is 0 Å². The molecule has 0 bridgehead atoms. The normalized spacial score (nSPS) is 32.2. The molecule has 10 heteroatoms. The number of hydrogen-bond donors (Lipinski definition) is 4. The molecule has 23 heavy (non-hydrogen) atoms. The van der Waals surface area contributed by atoms with Crippen LogP contribution in [0.15, 0.2) is 30.3 Å². The molecule has 1 aromatic carbocycles. The van der Waals surface area contributed by atoms with Gasteiger partial charge in [-0.05, 0) is 12.1 Å². The van der Waals surface area contributed by atoms with Crippen LogP contribution in [0.2, 0.25) is 0 Å². The third kappa shape index (κ3) is 3.63. The average Bonchev–Trinajstić information content (AvgIpc) is 2.52. The zero-order chi connectivity index (χ0) is 17.1. The van der Waals surface area contributed by atoms with E-state index in [1.165, 1.54) is 24.3 Å². The molecule has 2 unspecified atom stereocenters. The van der Waals surface area contributed by atoms with Crippen molar-refractivity contribution in [3.63, 3.8) is 0 Å². The molecule has 2 rings (SSSR count). The first-order valence-corrected chi connectivity index (χ1v) is 6.59. The van der Waals surface area contributed by atoms with E-state index in [9.17, 15) is 30.2 Å². The topological polar surface area (TPSA) is 160 Å². The Kier molecular flexibility index (Phi) is 5.23. The van der Waals surface area contributed by atoms with E-state index in [1.807, 2.05) is 0 Å². The molecule has 0 saturated carbocycles. The molecule has 1 aliphatic rings. The molecule has 1 saturated heterocycles. The number of nitro groups is 1. The molecule has 4 N–H and O–H groups in total. The molecule has 1 heterocycles. The SMILES string of the molecule is O=C(O)[C@H]1OC(OC(c2ccccc2)[N+](=O)[O-])[C@H](O)[C@@H](O)[C@@H]1O. The highest BCUT2D eigenvalue weighted by Crippen LogP contribution is 2.27. The molecule has 1 aromatic rings. The molecule has 0 aliphatic carbocycles. The smallest absolute Gasteiger partial charge is 0.344 e. The number of rotatable bonds is 5. The lowest BCUT2D eigenvalue weighted by atomic mass is 9.99. The van der Waals surface area contributed by atoms with Crippen LogP contribution in [0, 0.1) is 10.1 Å². The number of aliphatic carboxylic acids is 1. The second-order valence-corrected chi connectivity index (χ2v) is 4.92. The van der Waals surface area contributed by atoms with E-state index in [-0.39, 0.29) is 5.56 Å². The second kappa shape index (κ2) is 6.98. The van der Waals surface area contributed by atoms with Gasteiger partial charge in [0.05, 0.1) is 10.5 Å². The van der Waals surface area contributed by atoms with E-state index in [2.05, 4.69) is 0 Å². The van der Waals surface area contributed by atoms with Gasteiger partial charge in [0, 0.05) is 0 Å². The fraction of sp³-hybridized carbons (Fsp3) is 0.462. The molecule has 10 nitrogen and oxygen atoms in total. The monoisotopic (exact) mass is 329 g/mol. The van der Waals surface area contributed by atoms with Crippen molar-refractivity contribution in [2.24, 2.45) is 0 Å². The Morgan fingerprint density at radius 3 is 2.30 bits per heavy atom. The zero-order valence-corrected chi connectivity index (χ0v) is 11.6. The first-order chi connectivity index (χ1) is 10.8. The van der Waals surface area contributed by atoms with Gasteiger partial charge < -0.3 is 25.2 Å². The largest absolute Gasteiger partial charge is 0.479 e. The van der Waals surface area contributed by atoms with Gasteiger partial charge in [-0.25, -0.2) is 4.79 Å². The van der Waals surface area contributed by atoms with Gasteiger partial charge in [-0.2, -0.15) is 0 Å². The third-order valence-corrected chi connectivity index (χ3v) is 3.35. The number of carboxylic acids is 1. The highest BCUT2D eigenvalue weighted by atomic mass is 16.8. The predicted octanol–water partition coefficient (Wildman–Crippen LogP) is -1.13. The highest BCUT2D eigenvalue weighted by Gasteiger charge is 2.49. The van der Waals surface area contributed by atoms with Crippen molar-refractivity contribution in [1.29, 1.82) is 0 Å². The fourth-order valence-electron chi connectivity index (χ4n) is 2.16. The van der Waals surface area contributed by atoms with Crippen LogP contribution in [0.25, 0.3) is 0 Å². The summed E-state index contributed by atoms with van der Waals surface area (Å²) in [5.74, 6) is -1.60. The van der Waals surface area contributed by atoms with Gasteiger partial charge >= 0.3 is 12.2 Å². The average molecular weight is 329 g/mol. The minimum atomic E-state index is -1.90. The number of carbonyl (C=O) groups is 1. The Labute approximate surface area is 129 Å². The molecular weight excluding hydrogens is 314 g/mol. The van der Waals surface area contributed by atoms with E-state index < -0.39 is 47.8 Å². The summed E-state index contributed by atoms with van der Waals surface area (Å²) in [5.41, 5.74) is 0.140. The number of benzene rings is 1. The van der Waals surface area contributed by atoms with Crippen LogP contribution >= 0.6 is 0 Å². The maximum Gasteiger partial charge on any atom is 0.344 e. The van der Waals surface area contributed by atoms with Gasteiger partial charge in [0.2, 0.25) is 0 Å². The van der Waals surface area contributed by atoms with Gasteiger partial charge in [0.25, 0.3) is 0 Å². The van der Waals surface area contributed by atoms with Crippen molar-refractivity contribution < 1.29 is 39.6 Å². The molecule has 1 aliphatic heterocycles. The molecule has 0 amide bonds. The predicted molar refractivity (Wildman–Crippen MR) is 71.6 cm³/mol. The van der Waals surface area contributed by atoms with E-state index in [0.717, 1.165) is 0 Å². The van der Waals surface area contributed by atoms with Crippen LogP contribution in [0.1, 0.15) is 11.8 Å². The van der Waals surface area contributed by atoms with Crippen LogP contribution < -0.4 is 0 Å². The van der Waals surface area contributed by atoms with Crippen LogP contribution in [0.5, 0.6) is 0 Å². The van der Waals surface area contributed by atoms with Crippen LogP contribution in [-0.4, -0.2) is 62.0 Å². The lowest BCUT2D eigenvalue weighted by Crippen LogP contribution is -2.60.